The Kier molecular flexibility index (Phi) is 2.76. The highest BCUT2D eigenvalue weighted by Gasteiger charge is 2.24. The summed E-state index contributed by atoms with van der Waals surface area (Å²) in [4.78, 5) is 16.0. The molecule has 0 saturated carbocycles. The van der Waals surface area contributed by atoms with E-state index in [4.69, 9.17) is 4.74 Å². The number of benzene rings is 1. The third-order valence-corrected chi connectivity index (χ3v) is 3.03. The van der Waals surface area contributed by atoms with E-state index in [1.54, 1.807) is 19.5 Å². The summed E-state index contributed by atoms with van der Waals surface area (Å²) in [6.07, 6.45) is 5.25. The van der Waals surface area contributed by atoms with Crippen LogP contribution < -0.4 is 10.1 Å². The first-order valence-corrected chi connectivity index (χ1v) is 5.89. The number of rotatable bonds is 2. The quantitative estimate of drug-likeness (QED) is 0.836. The molecule has 0 radical (unpaired) electrons. The van der Waals surface area contributed by atoms with Gasteiger partial charge >= 0.3 is 0 Å². The molecule has 1 aromatic heterocycles. The van der Waals surface area contributed by atoms with E-state index in [2.05, 4.69) is 10.3 Å². The molecule has 0 unspecified atom stereocenters. The molecule has 2 heterocycles. The SMILES string of the molecule is COc1ccc2c(c1)/C(=C/c1ccncc1)C(=O)N2. The second-order valence-electron chi connectivity index (χ2n) is 4.20. The maximum Gasteiger partial charge on any atom is 0.256 e. The molecule has 0 atom stereocenters. The number of hydrogen-bond donors (Lipinski definition) is 1. The lowest BCUT2D eigenvalue weighted by Crippen LogP contribution is -2.03. The van der Waals surface area contributed by atoms with Crippen molar-refractivity contribution in [1.82, 2.24) is 4.98 Å². The van der Waals surface area contributed by atoms with Crippen LogP contribution in [0.2, 0.25) is 0 Å². The minimum atomic E-state index is -0.0972. The molecule has 4 nitrogen and oxygen atoms in total. The van der Waals surface area contributed by atoms with Gasteiger partial charge in [-0.1, -0.05) is 0 Å². The average Bonchev–Trinajstić information content (AvgIpc) is 2.76. The third kappa shape index (κ3) is 2.08. The Morgan fingerprint density at radius 1 is 1.21 bits per heavy atom. The molecule has 94 valence electrons. The van der Waals surface area contributed by atoms with Gasteiger partial charge in [-0.2, -0.15) is 0 Å². The highest BCUT2D eigenvalue weighted by atomic mass is 16.5. The Hall–Kier alpha value is -2.62. The van der Waals surface area contributed by atoms with Gasteiger partial charge in [-0.15, -0.1) is 0 Å². The van der Waals surface area contributed by atoms with Crippen LogP contribution in [-0.2, 0) is 4.79 Å². The maximum atomic E-state index is 12.0. The molecule has 0 aliphatic carbocycles. The first-order valence-electron chi connectivity index (χ1n) is 5.89. The Bertz CT molecular complexity index is 663. The van der Waals surface area contributed by atoms with Crippen molar-refractivity contribution in [2.45, 2.75) is 0 Å². The molecule has 1 aliphatic heterocycles. The molecule has 19 heavy (non-hydrogen) atoms. The zero-order valence-corrected chi connectivity index (χ0v) is 10.4. The van der Waals surface area contributed by atoms with Crippen LogP contribution in [0.25, 0.3) is 11.6 Å². The zero-order valence-electron chi connectivity index (χ0n) is 10.4. The van der Waals surface area contributed by atoms with Crippen molar-refractivity contribution in [2.24, 2.45) is 0 Å². The molecular weight excluding hydrogens is 240 g/mol. The predicted octanol–water partition coefficient (Wildman–Crippen LogP) is 2.58. The first-order chi connectivity index (χ1) is 9.28. The number of pyridine rings is 1. The number of ether oxygens (including phenoxy) is 1. The van der Waals surface area contributed by atoms with Gasteiger partial charge in [0.05, 0.1) is 7.11 Å². The van der Waals surface area contributed by atoms with E-state index in [0.717, 1.165) is 22.6 Å². The molecule has 1 aliphatic rings. The summed E-state index contributed by atoms with van der Waals surface area (Å²) in [5.41, 5.74) is 3.25. The topological polar surface area (TPSA) is 51.2 Å². The fourth-order valence-corrected chi connectivity index (χ4v) is 2.06. The summed E-state index contributed by atoms with van der Waals surface area (Å²) >= 11 is 0. The summed E-state index contributed by atoms with van der Waals surface area (Å²) in [6, 6.07) is 9.26. The summed E-state index contributed by atoms with van der Waals surface area (Å²) in [6.45, 7) is 0. The van der Waals surface area contributed by atoms with Gasteiger partial charge in [0.1, 0.15) is 5.75 Å². The van der Waals surface area contributed by atoms with E-state index in [1.807, 2.05) is 36.4 Å². The Morgan fingerprint density at radius 2 is 2.00 bits per heavy atom. The van der Waals surface area contributed by atoms with Crippen LogP contribution in [0.1, 0.15) is 11.1 Å². The summed E-state index contributed by atoms with van der Waals surface area (Å²) < 4.78 is 5.20. The molecule has 1 N–H and O–H groups in total. The van der Waals surface area contributed by atoms with E-state index in [9.17, 15) is 4.79 Å². The van der Waals surface area contributed by atoms with Gasteiger partial charge in [0.25, 0.3) is 5.91 Å². The third-order valence-electron chi connectivity index (χ3n) is 3.03. The van der Waals surface area contributed by atoms with Gasteiger partial charge in [0, 0.05) is 29.2 Å². The van der Waals surface area contributed by atoms with Crippen LogP contribution in [0.5, 0.6) is 5.75 Å². The minimum absolute atomic E-state index is 0.0972. The molecule has 0 saturated heterocycles. The number of hydrogen-bond acceptors (Lipinski definition) is 3. The Balaban J connectivity index is 2.09. The van der Waals surface area contributed by atoms with Gasteiger partial charge in [0.15, 0.2) is 0 Å². The molecule has 3 rings (SSSR count). The normalized spacial score (nSPS) is 15.2. The van der Waals surface area contributed by atoms with Gasteiger partial charge in [-0.25, -0.2) is 0 Å². The summed E-state index contributed by atoms with van der Waals surface area (Å²) in [5, 5.41) is 2.84. The molecule has 1 aromatic carbocycles. The molecule has 0 spiro atoms. The molecule has 0 bridgehead atoms. The highest BCUT2D eigenvalue weighted by molar-refractivity contribution is 6.35. The van der Waals surface area contributed by atoms with Crippen molar-refractivity contribution in [1.29, 1.82) is 0 Å². The van der Waals surface area contributed by atoms with E-state index in [1.165, 1.54) is 0 Å². The number of carbonyl (C=O) groups is 1. The Labute approximate surface area is 110 Å². The first kappa shape index (κ1) is 11.5. The van der Waals surface area contributed by atoms with Crippen LogP contribution in [-0.4, -0.2) is 18.0 Å². The highest BCUT2D eigenvalue weighted by Crippen LogP contribution is 2.35. The minimum Gasteiger partial charge on any atom is -0.497 e. The van der Waals surface area contributed by atoms with E-state index < -0.39 is 0 Å². The van der Waals surface area contributed by atoms with Crippen molar-refractivity contribution in [3.05, 3.63) is 53.9 Å². The van der Waals surface area contributed by atoms with Crippen LogP contribution in [0.4, 0.5) is 5.69 Å². The van der Waals surface area contributed by atoms with Crippen molar-refractivity contribution in [2.75, 3.05) is 12.4 Å². The standard InChI is InChI=1S/C15H12N2O2/c1-19-11-2-3-14-12(9-11)13(15(18)17-14)8-10-4-6-16-7-5-10/h2-9H,1H3,(H,17,18)/b13-8-. The summed E-state index contributed by atoms with van der Waals surface area (Å²) in [5.74, 6) is 0.635. The fraction of sp³-hybridized carbons (Fsp3) is 0.0667. The fourth-order valence-electron chi connectivity index (χ4n) is 2.06. The van der Waals surface area contributed by atoms with Crippen LogP contribution >= 0.6 is 0 Å². The average molecular weight is 252 g/mol. The van der Waals surface area contributed by atoms with Crippen LogP contribution in [0.3, 0.4) is 0 Å². The molecule has 2 aromatic rings. The van der Waals surface area contributed by atoms with Gasteiger partial charge in [-0.05, 0) is 42.0 Å². The van der Waals surface area contributed by atoms with Crippen LogP contribution in [0.15, 0.2) is 42.7 Å². The van der Waals surface area contributed by atoms with Gasteiger partial charge in [0.2, 0.25) is 0 Å². The van der Waals surface area contributed by atoms with Gasteiger partial charge in [-0.3, -0.25) is 9.78 Å². The second-order valence-corrected chi connectivity index (χ2v) is 4.20. The monoisotopic (exact) mass is 252 g/mol. The molecule has 4 heteroatoms. The van der Waals surface area contributed by atoms with E-state index >= 15 is 0 Å². The lowest BCUT2D eigenvalue weighted by molar-refractivity contribution is -0.110. The lowest BCUT2D eigenvalue weighted by atomic mass is 10.0. The molecular formula is C15H12N2O2. The summed E-state index contributed by atoms with van der Waals surface area (Å²) in [7, 11) is 1.61. The molecule has 0 fully saturated rings. The van der Waals surface area contributed by atoms with Crippen molar-refractivity contribution < 1.29 is 9.53 Å². The number of fused-ring (bicyclic) bond motifs is 1. The molecule has 1 amide bonds. The van der Waals surface area contributed by atoms with Crippen molar-refractivity contribution in [3.8, 4) is 5.75 Å². The van der Waals surface area contributed by atoms with E-state index in [0.29, 0.717) is 5.57 Å². The lowest BCUT2D eigenvalue weighted by Gasteiger charge is -2.03. The Morgan fingerprint density at radius 3 is 2.74 bits per heavy atom. The number of anilines is 1. The van der Waals surface area contributed by atoms with Crippen molar-refractivity contribution >= 4 is 23.2 Å². The number of nitrogens with zero attached hydrogens (tertiary/aromatic N) is 1. The number of nitrogens with one attached hydrogen (secondary N) is 1. The van der Waals surface area contributed by atoms with Crippen molar-refractivity contribution in [3.63, 3.8) is 0 Å². The van der Waals surface area contributed by atoms with Crippen LogP contribution in [0, 0.1) is 0 Å². The number of aromatic nitrogens is 1. The number of amides is 1. The number of carbonyl (C=O) groups excluding carboxylic acids is 1. The van der Waals surface area contributed by atoms with Gasteiger partial charge < -0.3 is 10.1 Å². The largest absolute Gasteiger partial charge is 0.497 e. The smallest absolute Gasteiger partial charge is 0.256 e. The predicted molar refractivity (Wildman–Crippen MR) is 73.7 cm³/mol. The maximum absolute atomic E-state index is 12.0. The second kappa shape index (κ2) is 4.57. The zero-order chi connectivity index (χ0) is 13.2. The van der Waals surface area contributed by atoms with E-state index in [-0.39, 0.29) is 5.91 Å². The number of methoxy groups -OCH3 is 1.